The van der Waals surface area contributed by atoms with Crippen LogP contribution in [0.2, 0.25) is 0 Å². The van der Waals surface area contributed by atoms with Crippen molar-refractivity contribution in [3.05, 3.63) is 23.2 Å². The average Bonchev–Trinajstić information content (AvgIpc) is 2.82. The summed E-state index contributed by atoms with van der Waals surface area (Å²) in [4.78, 5) is 8.43. The van der Waals surface area contributed by atoms with Crippen LogP contribution in [0.25, 0.3) is 11.3 Å². The molecule has 4 nitrogen and oxygen atoms in total. The third-order valence-corrected chi connectivity index (χ3v) is 2.83. The molecule has 0 spiro atoms. The van der Waals surface area contributed by atoms with Gasteiger partial charge in [-0.3, -0.25) is 0 Å². The molecule has 0 bridgehead atoms. The molecule has 0 amide bonds. The highest BCUT2D eigenvalue weighted by Gasteiger charge is 2.13. The maximum atomic E-state index is 5.37. The summed E-state index contributed by atoms with van der Waals surface area (Å²) in [6.07, 6.45) is 1.55. The third-order valence-electron chi connectivity index (χ3n) is 2.15. The molecule has 0 aliphatic carbocycles. The molecule has 0 aromatic carbocycles. The van der Waals surface area contributed by atoms with Crippen molar-refractivity contribution in [3.63, 3.8) is 0 Å². The maximum absolute atomic E-state index is 5.37. The Morgan fingerprint density at radius 2 is 2.31 bits per heavy atom. The lowest BCUT2D eigenvalue weighted by atomic mass is 10.2. The summed E-state index contributed by atoms with van der Waals surface area (Å²) in [6, 6.07) is 2.02. The van der Waals surface area contributed by atoms with Gasteiger partial charge in [0.05, 0.1) is 7.11 Å². The molecule has 2 aromatic heterocycles. The van der Waals surface area contributed by atoms with Gasteiger partial charge >= 0.3 is 0 Å². The van der Waals surface area contributed by atoms with Gasteiger partial charge in [0.15, 0.2) is 11.6 Å². The van der Waals surface area contributed by atoms with Crippen molar-refractivity contribution in [1.29, 1.82) is 0 Å². The zero-order chi connectivity index (χ0) is 11.4. The molecule has 2 heterocycles. The van der Waals surface area contributed by atoms with Crippen LogP contribution in [0.5, 0.6) is 5.75 Å². The van der Waals surface area contributed by atoms with Gasteiger partial charge in [-0.2, -0.15) is 11.3 Å². The summed E-state index contributed by atoms with van der Waals surface area (Å²) in [5, 5.41) is 7.22. The lowest BCUT2D eigenvalue weighted by molar-refractivity contribution is 0.414. The first kappa shape index (κ1) is 10.9. The van der Waals surface area contributed by atoms with E-state index in [1.807, 2.05) is 23.8 Å². The number of ether oxygens (including phenoxy) is 1. The van der Waals surface area contributed by atoms with Gasteiger partial charge in [0.25, 0.3) is 0 Å². The summed E-state index contributed by atoms with van der Waals surface area (Å²) < 4.78 is 5.37. The van der Waals surface area contributed by atoms with E-state index in [9.17, 15) is 0 Å². The molecule has 0 fully saturated rings. The number of nitrogens with one attached hydrogen (secondary N) is 1. The van der Waals surface area contributed by atoms with Gasteiger partial charge in [-0.15, -0.1) is 0 Å². The number of aromatic nitrogens is 2. The SMILES string of the molecule is CCNc1ncnc(-c2ccsc2)c1OC. The highest BCUT2D eigenvalue weighted by molar-refractivity contribution is 7.08. The fourth-order valence-corrected chi connectivity index (χ4v) is 2.11. The first-order chi connectivity index (χ1) is 7.86. The standard InChI is InChI=1S/C11H13N3OS/c1-3-12-11-10(15-2)9(13-7-14-11)8-4-5-16-6-8/h4-7H,3H2,1-2H3,(H,12,13,14). The van der Waals surface area contributed by atoms with Crippen LogP contribution in [0.4, 0.5) is 5.82 Å². The summed E-state index contributed by atoms with van der Waals surface area (Å²) in [6.45, 7) is 2.82. The topological polar surface area (TPSA) is 47.0 Å². The van der Waals surface area contributed by atoms with Crippen molar-refractivity contribution in [1.82, 2.24) is 9.97 Å². The molecule has 16 heavy (non-hydrogen) atoms. The summed E-state index contributed by atoms with van der Waals surface area (Å²) in [5.74, 6) is 1.43. The van der Waals surface area contributed by atoms with Crippen molar-refractivity contribution in [2.24, 2.45) is 0 Å². The Bertz CT molecular complexity index is 456. The molecule has 2 aromatic rings. The second kappa shape index (κ2) is 4.94. The van der Waals surface area contributed by atoms with Crippen LogP contribution in [-0.4, -0.2) is 23.6 Å². The molecule has 5 heteroatoms. The summed E-state index contributed by atoms with van der Waals surface area (Å²) in [7, 11) is 1.63. The molecular formula is C11H13N3OS. The lowest BCUT2D eigenvalue weighted by Crippen LogP contribution is -2.03. The highest BCUT2D eigenvalue weighted by atomic mass is 32.1. The van der Waals surface area contributed by atoms with E-state index in [-0.39, 0.29) is 0 Å². The van der Waals surface area contributed by atoms with Crippen LogP contribution in [-0.2, 0) is 0 Å². The number of hydrogen-bond donors (Lipinski definition) is 1. The van der Waals surface area contributed by atoms with E-state index < -0.39 is 0 Å². The average molecular weight is 235 g/mol. The number of hydrogen-bond acceptors (Lipinski definition) is 5. The second-order valence-corrected chi connectivity index (χ2v) is 3.93. The van der Waals surface area contributed by atoms with E-state index in [4.69, 9.17) is 4.74 Å². The normalized spacial score (nSPS) is 10.1. The molecule has 0 unspecified atom stereocenters. The Balaban J connectivity index is 2.49. The van der Waals surface area contributed by atoms with Crippen LogP contribution in [0.1, 0.15) is 6.92 Å². The molecule has 84 valence electrons. The van der Waals surface area contributed by atoms with Gasteiger partial charge in [0, 0.05) is 17.5 Å². The molecule has 1 N–H and O–H groups in total. The molecule has 0 saturated carbocycles. The van der Waals surface area contributed by atoms with E-state index in [1.54, 1.807) is 24.8 Å². The highest BCUT2D eigenvalue weighted by Crippen LogP contribution is 2.33. The fraction of sp³-hybridized carbons (Fsp3) is 0.273. The van der Waals surface area contributed by atoms with Gasteiger partial charge < -0.3 is 10.1 Å². The first-order valence-electron chi connectivity index (χ1n) is 5.02. The van der Waals surface area contributed by atoms with Crippen molar-refractivity contribution >= 4 is 17.2 Å². The van der Waals surface area contributed by atoms with Crippen molar-refractivity contribution in [3.8, 4) is 17.0 Å². The molecule has 0 saturated heterocycles. The fourth-order valence-electron chi connectivity index (χ4n) is 1.47. The quantitative estimate of drug-likeness (QED) is 0.885. The monoisotopic (exact) mass is 235 g/mol. The molecular weight excluding hydrogens is 222 g/mol. The Morgan fingerprint density at radius 3 is 2.94 bits per heavy atom. The molecule has 0 atom stereocenters. The summed E-state index contributed by atoms with van der Waals surface area (Å²) in [5.41, 5.74) is 1.89. The van der Waals surface area contributed by atoms with Gasteiger partial charge in [-0.05, 0) is 18.4 Å². The van der Waals surface area contributed by atoms with E-state index in [1.165, 1.54) is 0 Å². The van der Waals surface area contributed by atoms with Crippen LogP contribution >= 0.6 is 11.3 Å². The number of nitrogens with zero attached hydrogens (tertiary/aromatic N) is 2. The van der Waals surface area contributed by atoms with E-state index in [0.29, 0.717) is 5.75 Å². The minimum atomic E-state index is 0.697. The molecule has 2 rings (SSSR count). The van der Waals surface area contributed by atoms with Gasteiger partial charge in [-0.25, -0.2) is 9.97 Å². The van der Waals surface area contributed by atoms with Crippen LogP contribution < -0.4 is 10.1 Å². The summed E-state index contributed by atoms with van der Waals surface area (Å²) >= 11 is 1.64. The van der Waals surface area contributed by atoms with E-state index in [2.05, 4.69) is 15.3 Å². The van der Waals surface area contributed by atoms with Crippen molar-refractivity contribution in [2.45, 2.75) is 6.92 Å². The van der Waals surface area contributed by atoms with Crippen LogP contribution in [0.3, 0.4) is 0 Å². The molecule has 0 radical (unpaired) electrons. The maximum Gasteiger partial charge on any atom is 0.187 e. The van der Waals surface area contributed by atoms with Crippen molar-refractivity contribution in [2.75, 3.05) is 19.0 Å². The zero-order valence-corrected chi connectivity index (χ0v) is 10.0. The van der Waals surface area contributed by atoms with Crippen LogP contribution in [0, 0.1) is 0 Å². The first-order valence-corrected chi connectivity index (χ1v) is 5.96. The van der Waals surface area contributed by atoms with Gasteiger partial charge in [0.1, 0.15) is 12.0 Å². The predicted octanol–water partition coefficient (Wildman–Crippen LogP) is 2.65. The Hall–Kier alpha value is -1.62. The number of rotatable bonds is 4. The van der Waals surface area contributed by atoms with Crippen LogP contribution in [0.15, 0.2) is 23.2 Å². The Kier molecular flexibility index (Phi) is 3.36. The smallest absolute Gasteiger partial charge is 0.187 e. The molecule has 0 aliphatic heterocycles. The number of methoxy groups -OCH3 is 1. The number of anilines is 1. The largest absolute Gasteiger partial charge is 0.491 e. The van der Waals surface area contributed by atoms with Gasteiger partial charge in [-0.1, -0.05) is 0 Å². The van der Waals surface area contributed by atoms with E-state index >= 15 is 0 Å². The number of thiophene rings is 1. The Morgan fingerprint density at radius 1 is 1.44 bits per heavy atom. The minimum Gasteiger partial charge on any atom is -0.491 e. The minimum absolute atomic E-state index is 0.697. The second-order valence-electron chi connectivity index (χ2n) is 3.15. The van der Waals surface area contributed by atoms with Crippen molar-refractivity contribution < 1.29 is 4.74 Å². The third kappa shape index (κ3) is 1.99. The lowest BCUT2D eigenvalue weighted by Gasteiger charge is -2.11. The molecule has 0 aliphatic rings. The predicted molar refractivity (Wildman–Crippen MR) is 66.1 cm³/mol. The van der Waals surface area contributed by atoms with E-state index in [0.717, 1.165) is 23.6 Å². The Labute approximate surface area is 98.3 Å². The van der Waals surface area contributed by atoms with Gasteiger partial charge in [0.2, 0.25) is 0 Å². The zero-order valence-electron chi connectivity index (χ0n) is 9.23.